The lowest BCUT2D eigenvalue weighted by atomic mass is 10.0. The molecule has 3 aliphatic heterocycles. The molecule has 222 valence electrons. The average Bonchev–Trinajstić information content (AvgIpc) is 3.67. The Labute approximate surface area is 242 Å². The molecular weight excluding hydrogens is 546 g/mol. The van der Waals surface area contributed by atoms with Gasteiger partial charge in [0.15, 0.2) is 11.6 Å². The molecular formula is C31H34F2N4O5. The maximum Gasteiger partial charge on any atom is 0.195 e. The van der Waals surface area contributed by atoms with Crippen molar-refractivity contribution in [3.05, 3.63) is 65.5 Å². The standard InChI is InChI=1S/C31H34F2N4O5/c1-19-10-22(2-3-24(19)32)36-31-23-11-21(28(13-26(23)34-18-35-31)42-17-20-5-7-39-16-20)12-27(38)25(33)4-6-37-14-29-30(15-37)41-9-8-40-29/h2-4,10-11,13,18,20,29-30H,5-9,12,14-17H2,1H3,(H,34,35,36)/b25-4+/t20-,29-,30-/m0/s1. The molecule has 11 heteroatoms. The smallest absolute Gasteiger partial charge is 0.195 e. The third kappa shape index (κ3) is 6.59. The summed E-state index contributed by atoms with van der Waals surface area (Å²) in [4.78, 5) is 23.9. The zero-order valence-corrected chi connectivity index (χ0v) is 23.5. The van der Waals surface area contributed by atoms with Crippen LogP contribution in [0.15, 0.2) is 48.6 Å². The molecule has 3 fully saturated rings. The number of carbonyl (C=O) groups is 1. The van der Waals surface area contributed by atoms with Crippen molar-refractivity contribution in [1.29, 1.82) is 0 Å². The van der Waals surface area contributed by atoms with Crippen molar-refractivity contribution in [2.75, 3.05) is 58.0 Å². The summed E-state index contributed by atoms with van der Waals surface area (Å²) in [5.41, 5.74) is 2.26. The van der Waals surface area contributed by atoms with E-state index in [1.165, 1.54) is 18.5 Å². The number of ether oxygens (including phenoxy) is 4. The minimum atomic E-state index is -0.800. The average molecular weight is 581 g/mol. The Balaban J connectivity index is 1.23. The van der Waals surface area contributed by atoms with Crippen LogP contribution in [0, 0.1) is 18.7 Å². The molecule has 0 bridgehead atoms. The fraction of sp³-hybridized carbons (Fsp3) is 0.452. The van der Waals surface area contributed by atoms with E-state index in [0.29, 0.717) is 92.0 Å². The summed E-state index contributed by atoms with van der Waals surface area (Å²) >= 11 is 0. The number of hydrogen-bond donors (Lipinski definition) is 1. The molecule has 1 N–H and O–H groups in total. The molecule has 0 amide bonds. The largest absolute Gasteiger partial charge is 0.493 e. The highest BCUT2D eigenvalue weighted by atomic mass is 19.1. The van der Waals surface area contributed by atoms with Gasteiger partial charge in [0.1, 0.15) is 23.7 Å². The SMILES string of the molecule is Cc1cc(Nc2ncnc3cc(OC[C@H]4CCOC4)c(CC(=O)/C(F)=C\CN4C[C@@H]5OCCO[C@H]5C4)cc23)ccc1F. The van der Waals surface area contributed by atoms with Gasteiger partial charge in [-0.1, -0.05) is 0 Å². The first kappa shape index (κ1) is 28.6. The van der Waals surface area contributed by atoms with Crippen LogP contribution in [0.2, 0.25) is 0 Å². The number of ketones is 1. The van der Waals surface area contributed by atoms with Crippen LogP contribution in [0.5, 0.6) is 5.75 Å². The molecule has 0 radical (unpaired) electrons. The summed E-state index contributed by atoms with van der Waals surface area (Å²) in [6.45, 7) is 6.09. The van der Waals surface area contributed by atoms with E-state index in [-0.39, 0.29) is 30.4 Å². The molecule has 1 aromatic heterocycles. The summed E-state index contributed by atoms with van der Waals surface area (Å²) in [7, 11) is 0. The number of benzene rings is 2. The van der Waals surface area contributed by atoms with E-state index < -0.39 is 11.6 Å². The first-order chi connectivity index (χ1) is 20.4. The molecule has 0 saturated carbocycles. The minimum absolute atomic E-state index is 0.0164. The van der Waals surface area contributed by atoms with E-state index in [2.05, 4.69) is 15.3 Å². The van der Waals surface area contributed by atoms with Crippen molar-refractivity contribution >= 4 is 28.2 Å². The molecule has 3 saturated heterocycles. The quantitative estimate of drug-likeness (QED) is 0.352. The highest BCUT2D eigenvalue weighted by Gasteiger charge is 2.36. The Morgan fingerprint density at radius 2 is 1.95 bits per heavy atom. The van der Waals surface area contributed by atoms with Gasteiger partial charge in [-0.2, -0.15) is 0 Å². The number of allylic oxidation sites excluding steroid dienone is 1. The fourth-order valence-corrected chi connectivity index (χ4v) is 5.55. The van der Waals surface area contributed by atoms with E-state index in [1.54, 1.807) is 31.2 Å². The van der Waals surface area contributed by atoms with Crippen LogP contribution in [-0.2, 0) is 25.4 Å². The summed E-state index contributed by atoms with van der Waals surface area (Å²) in [5.74, 6) is -0.563. The molecule has 3 atom stereocenters. The van der Waals surface area contributed by atoms with E-state index in [1.807, 2.05) is 4.90 Å². The normalized spacial score (nSPS) is 22.8. The predicted octanol–water partition coefficient (Wildman–Crippen LogP) is 4.30. The lowest BCUT2D eigenvalue weighted by Crippen LogP contribution is -2.36. The van der Waals surface area contributed by atoms with Gasteiger partial charge in [-0.15, -0.1) is 0 Å². The third-order valence-corrected chi connectivity index (χ3v) is 7.92. The zero-order chi connectivity index (χ0) is 29.1. The number of hydrogen-bond acceptors (Lipinski definition) is 9. The lowest BCUT2D eigenvalue weighted by Gasteiger charge is -2.24. The van der Waals surface area contributed by atoms with Gasteiger partial charge in [-0.25, -0.2) is 18.7 Å². The van der Waals surface area contributed by atoms with Crippen LogP contribution in [0.3, 0.4) is 0 Å². The van der Waals surface area contributed by atoms with Gasteiger partial charge in [0.05, 0.1) is 44.2 Å². The molecule has 3 aromatic rings. The molecule has 4 heterocycles. The summed E-state index contributed by atoms with van der Waals surface area (Å²) in [5, 5.41) is 3.84. The number of halogens is 2. The second-order valence-corrected chi connectivity index (χ2v) is 11.0. The van der Waals surface area contributed by atoms with Gasteiger partial charge in [-0.3, -0.25) is 9.69 Å². The number of nitrogens with zero attached hydrogens (tertiary/aromatic N) is 3. The molecule has 0 spiro atoms. The van der Waals surface area contributed by atoms with Crippen molar-refractivity contribution < 1.29 is 32.5 Å². The summed E-state index contributed by atoms with van der Waals surface area (Å²) < 4.78 is 52.0. The number of Topliss-reactive ketones (excluding diaryl/α,β-unsaturated/α-hetero) is 1. The van der Waals surface area contributed by atoms with Crippen molar-refractivity contribution in [1.82, 2.24) is 14.9 Å². The van der Waals surface area contributed by atoms with Crippen LogP contribution < -0.4 is 10.1 Å². The second kappa shape index (κ2) is 12.8. The van der Waals surface area contributed by atoms with Gasteiger partial charge in [0, 0.05) is 61.3 Å². The third-order valence-electron chi connectivity index (χ3n) is 7.92. The van der Waals surface area contributed by atoms with E-state index in [9.17, 15) is 9.18 Å². The monoisotopic (exact) mass is 580 g/mol. The molecule has 3 aliphatic rings. The van der Waals surface area contributed by atoms with Gasteiger partial charge < -0.3 is 24.3 Å². The van der Waals surface area contributed by atoms with Crippen LogP contribution in [0.25, 0.3) is 10.9 Å². The molecule has 9 nitrogen and oxygen atoms in total. The predicted molar refractivity (Wildman–Crippen MR) is 152 cm³/mol. The van der Waals surface area contributed by atoms with Crippen LogP contribution >= 0.6 is 0 Å². The Kier molecular flexibility index (Phi) is 8.71. The molecule has 0 unspecified atom stereocenters. The van der Waals surface area contributed by atoms with Crippen LogP contribution in [0.1, 0.15) is 17.5 Å². The second-order valence-electron chi connectivity index (χ2n) is 11.0. The van der Waals surface area contributed by atoms with Crippen molar-refractivity contribution in [2.45, 2.75) is 32.0 Å². The van der Waals surface area contributed by atoms with E-state index >= 15 is 4.39 Å². The number of nitrogens with one attached hydrogen (secondary N) is 1. The summed E-state index contributed by atoms with van der Waals surface area (Å²) in [6, 6.07) is 8.21. The van der Waals surface area contributed by atoms with E-state index in [4.69, 9.17) is 18.9 Å². The molecule has 2 aromatic carbocycles. The first-order valence-electron chi connectivity index (χ1n) is 14.3. The summed E-state index contributed by atoms with van der Waals surface area (Å²) in [6.07, 6.45) is 3.41. The highest BCUT2D eigenvalue weighted by molar-refractivity contribution is 5.97. The Bertz CT molecular complexity index is 1470. The Hall–Kier alpha value is -3.51. The fourth-order valence-electron chi connectivity index (χ4n) is 5.55. The van der Waals surface area contributed by atoms with Crippen molar-refractivity contribution in [3.63, 3.8) is 0 Å². The van der Waals surface area contributed by atoms with Crippen molar-refractivity contribution in [2.24, 2.45) is 5.92 Å². The molecule has 6 rings (SSSR count). The number of anilines is 2. The number of carbonyl (C=O) groups excluding carboxylic acids is 1. The maximum atomic E-state index is 15.1. The van der Waals surface area contributed by atoms with Gasteiger partial charge in [-0.05, 0) is 49.2 Å². The maximum absolute atomic E-state index is 15.1. The number of likely N-dealkylation sites (tertiary alicyclic amines) is 1. The highest BCUT2D eigenvalue weighted by Crippen LogP contribution is 2.32. The van der Waals surface area contributed by atoms with Crippen molar-refractivity contribution in [3.8, 4) is 5.75 Å². The zero-order valence-electron chi connectivity index (χ0n) is 23.5. The van der Waals surface area contributed by atoms with Gasteiger partial charge in [0.2, 0.25) is 0 Å². The lowest BCUT2D eigenvalue weighted by molar-refractivity contribution is -0.116. The Morgan fingerprint density at radius 3 is 2.69 bits per heavy atom. The Morgan fingerprint density at radius 1 is 1.14 bits per heavy atom. The first-order valence-corrected chi connectivity index (χ1v) is 14.3. The van der Waals surface area contributed by atoms with Gasteiger partial charge >= 0.3 is 0 Å². The van der Waals surface area contributed by atoms with Crippen LogP contribution in [0.4, 0.5) is 20.3 Å². The number of aryl methyl sites for hydroxylation is 1. The van der Waals surface area contributed by atoms with E-state index in [0.717, 1.165) is 6.42 Å². The number of aromatic nitrogens is 2. The topological polar surface area (TPSA) is 95.0 Å². The van der Waals surface area contributed by atoms with Crippen LogP contribution in [-0.4, -0.2) is 85.5 Å². The molecule has 0 aliphatic carbocycles. The number of fused-ring (bicyclic) bond motifs is 2. The molecule has 42 heavy (non-hydrogen) atoms. The number of rotatable bonds is 10. The van der Waals surface area contributed by atoms with Gasteiger partial charge in [0.25, 0.3) is 0 Å². The minimum Gasteiger partial charge on any atom is -0.493 e.